The van der Waals surface area contributed by atoms with Crippen LogP contribution >= 0.6 is 0 Å². The summed E-state index contributed by atoms with van der Waals surface area (Å²) in [6.45, 7) is 19.1. The Morgan fingerprint density at radius 2 is 1.55 bits per heavy atom. The standard InChI is InChI=1S/C17H35BO2/c1-10-18-12-17(8,9)20-14(19)13(16(5,6)7)11-15(2,3)4/h13,18H,10-12H2,1-9H3. The third-order valence-electron chi connectivity index (χ3n) is 3.66. The lowest BCUT2D eigenvalue weighted by Gasteiger charge is -2.36. The quantitative estimate of drug-likeness (QED) is 0.521. The Hall–Kier alpha value is -0.465. The minimum atomic E-state index is -0.353. The van der Waals surface area contributed by atoms with Crippen LogP contribution in [0.5, 0.6) is 0 Å². The number of carbonyl (C=O) groups excluding carboxylic acids is 1. The molecule has 118 valence electrons. The third kappa shape index (κ3) is 7.96. The van der Waals surface area contributed by atoms with Crippen LogP contribution in [0.1, 0.15) is 68.7 Å². The number of hydrogen-bond donors (Lipinski definition) is 0. The van der Waals surface area contributed by atoms with Crippen molar-refractivity contribution in [3.8, 4) is 0 Å². The molecule has 0 spiro atoms. The molecular weight excluding hydrogens is 247 g/mol. The summed E-state index contributed by atoms with van der Waals surface area (Å²) in [7, 11) is 1.10. The Kier molecular flexibility index (Phi) is 6.84. The van der Waals surface area contributed by atoms with Crippen LogP contribution in [0.2, 0.25) is 12.6 Å². The minimum absolute atomic E-state index is 0.0338. The van der Waals surface area contributed by atoms with Gasteiger partial charge in [0.15, 0.2) is 0 Å². The Morgan fingerprint density at radius 1 is 1.05 bits per heavy atom. The smallest absolute Gasteiger partial charge is 0.309 e. The van der Waals surface area contributed by atoms with Crippen LogP contribution in [-0.2, 0) is 9.53 Å². The molecule has 0 N–H and O–H groups in total. The second-order valence-corrected chi connectivity index (χ2v) is 8.97. The number of rotatable bonds is 6. The summed E-state index contributed by atoms with van der Waals surface area (Å²) in [5.74, 6) is -0.0862. The lowest BCUT2D eigenvalue weighted by Crippen LogP contribution is -2.38. The molecule has 0 radical (unpaired) electrons. The van der Waals surface area contributed by atoms with Crippen molar-refractivity contribution in [2.24, 2.45) is 16.7 Å². The summed E-state index contributed by atoms with van der Waals surface area (Å²) in [6, 6.07) is 0. The van der Waals surface area contributed by atoms with E-state index < -0.39 is 0 Å². The zero-order valence-electron chi connectivity index (χ0n) is 15.2. The molecule has 2 nitrogen and oxygen atoms in total. The Labute approximate surface area is 127 Å². The Morgan fingerprint density at radius 3 is 1.90 bits per heavy atom. The zero-order chi connectivity index (χ0) is 16.2. The molecule has 0 aliphatic rings. The highest BCUT2D eigenvalue weighted by Gasteiger charge is 2.38. The third-order valence-corrected chi connectivity index (χ3v) is 3.66. The van der Waals surface area contributed by atoms with Crippen LogP contribution < -0.4 is 0 Å². The predicted molar refractivity (Wildman–Crippen MR) is 89.6 cm³/mol. The first-order valence-electron chi connectivity index (χ1n) is 8.01. The Balaban J connectivity index is 4.89. The second kappa shape index (κ2) is 7.00. The fraction of sp³-hybridized carbons (Fsp3) is 0.941. The number of hydrogen-bond acceptors (Lipinski definition) is 2. The van der Waals surface area contributed by atoms with Gasteiger partial charge in [0.1, 0.15) is 7.28 Å². The van der Waals surface area contributed by atoms with Gasteiger partial charge in [-0.1, -0.05) is 54.8 Å². The highest BCUT2D eigenvalue weighted by Crippen LogP contribution is 2.37. The molecule has 0 aromatic heterocycles. The highest BCUT2D eigenvalue weighted by atomic mass is 16.6. The fourth-order valence-electron chi connectivity index (χ4n) is 2.35. The van der Waals surface area contributed by atoms with Gasteiger partial charge in [-0.2, -0.15) is 0 Å². The molecule has 0 saturated heterocycles. The molecule has 0 aliphatic heterocycles. The molecule has 0 amide bonds. The summed E-state index contributed by atoms with van der Waals surface area (Å²) >= 11 is 0. The van der Waals surface area contributed by atoms with Gasteiger partial charge in [0.2, 0.25) is 0 Å². The van der Waals surface area contributed by atoms with Gasteiger partial charge < -0.3 is 4.74 Å². The first-order chi connectivity index (χ1) is 8.78. The van der Waals surface area contributed by atoms with Crippen molar-refractivity contribution < 1.29 is 9.53 Å². The second-order valence-electron chi connectivity index (χ2n) is 8.97. The van der Waals surface area contributed by atoms with Gasteiger partial charge in [-0.25, -0.2) is 0 Å². The predicted octanol–water partition coefficient (Wildman–Crippen LogP) is 4.70. The number of carbonyl (C=O) groups is 1. The van der Waals surface area contributed by atoms with Crippen molar-refractivity contribution >= 4 is 13.2 Å². The van der Waals surface area contributed by atoms with E-state index in [0.29, 0.717) is 0 Å². The maximum atomic E-state index is 12.6. The monoisotopic (exact) mass is 282 g/mol. The molecule has 0 aromatic carbocycles. The molecule has 3 heteroatoms. The molecule has 20 heavy (non-hydrogen) atoms. The number of esters is 1. The molecule has 0 heterocycles. The van der Waals surface area contributed by atoms with Crippen molar-refractivity contribution in [3.05, 3.63) is 0 Å². The molecule has 0 fully saturated rings. The van der Waals surface area contributed by atoms with E-state index in [4.69, 9.17) is 4.74 Å². The lowest BCUT2D eigenvalue weighted by atomic mass is 9.66. The van der Waals surface area contributed by atoms with Crippen LogP contribution in [0.15, 0.2) is 0 Å². The van der Waals surface area contributed by atoms with E-state index in [9.17, 15) is 4.79 Å². The topological polar surface area (TPSA) is 26.3 Å². The average Bonchev–Trinajstić information content (AvgIpc) is 2.19. The SMILES string of the molecule is CCBCC(C)(C)OC(=O)C(CC(C)(C)C)C(C)(C)C. The molecule has 0 rings (SSSR count). The summed E-state index contributed by atoms with van der Waals surface area (Å²) in [4.78, 5) is 12.6. The molecule has 1 atom stereocenters. The normalized spacial score (nSPS) is 14.8. The first kappa shape index (κ1) is 19.5. The fourth-order valence-corrected chi connectivity index (χ4v) is 2.35. The molecule has 0 aromatic rings. The molecular formula is C17H35BO2. The van der Waals surface area contributed by atoms with Gasteiger partial charge in [-0.15, -0.1) is 0 Å². The number of ether oxygens (including phenoxy) is 1. The summed E-state index contributed by atoms with van der Waals surface area (Å²) in [6.07, 6.45) is 2.92. The maximum absolute atomic E-state index is 12.6. The van der Waals surface area contributed by atoms with Crippen molar-refractivity contribution in [2.75, 3.05) is 0 Å². The summed E-state index contributed by atoms with van der Waals surface area (Å²) < 4.78 is 5.84. The van der Waals surface area contributed by atoms with Gasteiger partial charge in [-0.05, 0) is 37.4 Å². The maximum Gasteiger partial charge on any atom is 0.309 e. The molecule has 0 saturated carbocycles. The van der Waals surface area contributed by atoms with E-state index in [1.165, 1.54) is 0 Å². The zero-order valence-corrected chi connectivity index (χ0v) is 15.2. The summed E-state index contributed by atoms with van der Waals surface area (Å²) in [5, 5.41) is 0. The van der Waals surface area contributed by atoms with Crippen LogP contribution in [0.3, 0.4) is 0 Å². The van der Waals surface area contributed by atoms with Gasteiger partial charge in [0, 0.05) is 0 Å². The highest BCUT2D eigenvalue weighted by molar-refractivity contribution is 6.35. The van der Waals surface area contributed by atoms with E-state index in [-0.39, 0.29) is 28.3 Å². The van der Waals surface area contributed by atoms with Crippen LogP contribution in [-0.4, -0.2) is 18.8 Å². The van der Waals surface area contributed by atoms with E-state index >= 15 is 0 Å². The lowest BCUT2D eigenvalue weighted by molar-refractivity contribution is -0.165. The van der Waals surface area contributed by atoms with Gasteiger partial charge >= 0.3 is 5.97 Å². The van der Waals surface area contributed by atoms with E-state index in [2.05, 4.69) is 48.5 Å². The average molecular weight is 282 g/mol. The van der Waals surface area contributed by atoms with Gasteiger partial charge in [0.25, 0.3) is 0 Å². The molecule has 0 bridgehead atoms. The van der Waals surface area contributed by atoms with Crippen molar-refractivity contribution in [2.45, 2.75) is 87.0 Å². The minimum Gasteiger partial charge on any atom is -0.460 e. The largest absolute Gasteiger partial charge is 0.460 e. The van der Waals surface area contributed by atoms with E-state index in [0.717, 1.165) is 26.3 Å². The van der Waals surface area contributed by atoms with Gasteiger partial charge in [-0.3, -0.25) is 4.79 Å². The van der Waals surface area contributed by atoms with E-state index in [1.54, 1.807) is 0 Å². The van der Waals surface area contributed by atoms with Crippen molar-refractivity contribution in [3.63, 3.8) is 0 Å². The van der Waals surface area contributed by atoms with Crippen molar-refractivity contribution in [1.82, 2.24) is 0 Å². The van der Waals surface area contributed by atoms with E-state index in [1.807, 2.05) is 13.8 Å². The van der Waals surface area contributed by atoms with Crippen LogP contribution in [0, 0.1) is 16.7 Å². The van der Waals surface area contributed by atoms with Crippen molar-refractivity contribution in [1.29, 1.82) is 0 Å². The van der Waals surface area contributed by atoms with Crippen LogP contribution in [0.25, 0.3) is 0 Å². The first-order valence-corrected chi connectivity index (χ1v) is 8.01. The van der Waals surface area contributed by atoms with Crippen LogP contribution in [0.4, 0.5) is 0 Å². The van der Waals surface area contributed by atoms with Gasteiger partial charge in [0.05, 0.1) is 11.5 Å². The summed E-state index contributed by atoms with van der Waals surface area (Å²) in [5.41, 5.74) is -0.287. The molecule has 1 unspecified atom stereocenters. The Bertz CT molecular complexity index is 308. The molecule has 0 aliphatic carbocycles.